The molecule has 3 aromatic carbocycles. The molecular weight excluding hydrogens is 492 g/mol. The molecule has 6 heteroatoms. The Hall–Kier alpha value is -3.70. The summed E-state index contributed by atoms with van der Waals surface area (Å²) >= 11 is 6.03. The van der Waals surface area contributed by atoms with Crippen molar-refractivity contribution in [1.82, 2.24) is 9.55 Å². The summed E-state index contributed by atoms with van der Waals surface area (Å²) in [6.07, 6.45) is 8.96. The third-order valence-corrected chi connectivity index (χ3v) is 8.28. The molecule has 0 aliphatic heterocycles. The number of hydrogen-bond donors (Lipinski definition) is 1. The maximum absolute atomic E-state index is 14.4. The molecule has 0 bridgehead atoms. The molecule has 1 N–H and O–H groups in total. The van der Waals surface area contributed by atoms with Crippen molar-refractivity contribution in [1.29, 1.82) is 0 Å². The topological polar surface area (TPSA) is 59.3 Å². The standard InChI is InChI=1S/C32H31ClN4O/c33-26-15-13-24(14-16-26)22-34-36-31-35-29-27-12-6-5-11-25(27)21-32(18-7-2-8-19-32)28(29)30(38)37(31)20-17-23-9-3-1-4-10-23/h1,3-6,9-16,22H,2,7-8,17-21H2,(H,35,36)/b34-22-. The zero-order chi connectivity index (χ0) is 26.0. The molecule has 6 rings (SSSR count). The Balaban J connectivity index is 1.46. The highest BCUT2D eigenvalue weighted by Crippen LogP contribution is 2.48. The molecule has 2 aliphatic carbocycles. The van der Waals surface area contributed by atoms with Gasteiger partial charge in [0, 0.05) is 22.5 Å². The van der Waals surface area contributed by atoms with Gasteiger partial charge in [0.05, 0.1) is 17.5 Å². The summed E-state index contributed by atoms with van der Waals surface area (Å²) in [4.78, 5) is 19.6. The van der Waals surface area contributed by atoms with E-state index in [0.717, 1.165) is 60.9 Å². The zero-order valence-electron chi connectivity index (χ0n) is 21.4. The average Bonchev–Trinajstić information content (AvgIpc) is 2.94. The molecule has 1 heterocycles. The maximum Gasteiger partial charge on any atom is 0.259 e. The molecule has 0 unspecified atom stereocenters. The lowest BCUT2D eigenvalue weighted by molar-refractivity contribution is 0.283. The van der Waals surface area contributed by atoms with Crippen LogP contribution in [0.25, 0.3) is 11.3 Å². The van der Waals surface area contributed by atoms with Crippen LogP contribution in [-0.4, -0.2) is 15.8 Å². The monoisotopic (exact) mass is 522 g/mol. The van der Waals surface area contributed by atoms with Gasteiger partial charge in [0.2, 0.25) is 5.95 Å². The van der Waals surface area contributed by atoms with Crippen LogP contribution in [-0.2, 0) is 24.8 Å². The molecule has 2 aliphatic rings. The van der Waals surface area contributed by atoms with Crippen LogP contribution in [0.1, 0.15) is 54.4 Å². The molecule has 4 aromatic rings. The van der Waals surface area contributed by atoms with Crippen molar-refractivity contribution in [3.05, 3.63) is 116 Å². The van der Waals surface area contributed by atoms with Crippen LogP contribution in [0.3, 0.4) is 0 Å². The average molecular weight is 523 g/mol. The fraction of sp³-hybridized carbons (Fsp3) is 0.281. The van der Waals surface area contributed by atoms with Gasteiger partial charge in [0.25, 0.3) is 5.56 Å². The minimum atomic E-state index is -0.147. The zero-order valence-corrected chi connectivity index (χ0v) is 22.1. The lowest BCUT2D eigenvalue weighted by atomic mass is 9.62. The summed E-state index contributed by atoms with van der Waals surface area (Å²) in [5.41, 5.74) is 9.19. The molecule has 5 nitrogen and oxygen atoms in total. The van der Waals surface area contributed by atoms with E-state index in [0.29, 0.717) is 17.5 Å². The van der Waals surface area contributed by atoms with Crippen molar-refractivity contribution in [3.63, 3.8) is 0 Å². The van der Waals surface area contributed by atoms with Gasteiger partial charge in [-0.2, -0.15) is 5.10 Å². The normalized spacial score (nSPS) is 15.8. The van der Waals surface area contributed by atoms with E-state index >= 15 is 0 Å². The van der Waals surface area contributed by atoms with Crippen molar-refractivity contribution >= 4 is 23.8 Å². The van der Waals surface area contributed by atoms with Crippen LogP contribution in [0, 0.1) is 0 Å². The molecule has 0 amide bonds. The minimum absolute atomic E-state index is 0.0616. The van der Waals surface area contributed by atoms with Crippen molar-refractivity contribution in [2.24, 2.45) is 5.10 Å². The lowest BCUT2D eigenvalue weighted by Gasteiger charge is -2.42. The third-order valence-electron chi connectivity index (χ3n) is 8.03. The van der Waals surface area contributed by atoms with Crippen LogP contribution < -0.4 is 11.0 Å². The smallest absolute Gasteiger partial charge is 0.259 e. The predicted octanol–water partition coefficient (Wildman–Crippen LogP) is 7.01. The molecular formula is C32H31ClN4O. The minimum Gasteiger partial charge on any atom is -0.277 e. The maximum atomic E-state index is 14.4. The number of aryl methyl sites for hydroxylation is 1. The summed E-state index contributed by atoms with van der Waals surface area (Å²) in [5, 5.41) is 5.14. The first-order valence-corrected chi connectivity index (χ1v) is 13.8. The van der Waals surface area contributed by atoms with E-state index in [1.54, 1.807) is 10.8 Å². The summed E-state index contributed by atoms with van der Waals surface area (Å²) in [6, 6.07) is 26.2. The van der Waals surface area contributed by atoms with E-state index in [4.69, 9.17) is 16.6 Å². The Morgan fingerprint density at radius 1 is 0.947 bits per heavy atom. The molecule has 192 valence electrons. The number of fused-ring (bicyclic) bond motifs is 4. The number of hydrogen-bond acceptors (Lipinski definition) is 4. The fourth-order valence-corrected chi connectivity index (χ4v) is 6.26. The Morgan fingerprint density at radius 3 is 2.47 bits per heavy atom. The fourth-order valence-electron chi connectivity index (χ4n) is 6.13. The first-order chi connectivity index (χ1) is 18.6. The van der Waals surface area contributed by atoms with E-state index in [9.17, 15) is 4.79 Å². The largest absolute Gasteiger partial charge is 0.277 e. The van der Waals surface area contributed by atoms with Gasteiger partial charge >= 0.3 is 0 Å². The van der Waals surface area contributed by atoms with E-state index in [2.05, 4.69) is 40.9 Å². The van der Waals surface area contributed by atoms with Crippen molar-refractivity contribution in [2.75, 3.05) is 5.43 Å². The van der Waals surface area contributed by atoms with Crippen LogP contribution in [0.2, 0.25) is 5.02 Å². The van der Waals surface area contributed by atoms with E-state index in [-0.39, 0.29) is 11.0 Å². The molecule has 0 saturated heterocycles. The quantitative estimate of drug-likeness (QED) is 0.219. The van der Waals surface area contributed by atoms with Crippen LogP contribution in [0.4, 0.5) is 5.95 Å². The number of rotatable bonds is 6. The van der Waals surface area contributed by atoms with Gasteiger partial charge < -0.3 is 0 Å². The van der Waals surface area contributed by atoms with Gasteiger partial charge in [-0.05, 0) is 54.5 Å². The second-order valence-electron chi connectivity index (χ2n) is 10.4. The number of halogens is 1. The Kier molecular flexibility index (Phi) is 6.86. The summed E-state index contributed by atoms with van der Waals surface area (Å²) in [7, 11) is 0. The number of nitrogens with one attached hydrogen (secondary N) is 1. The predicted molar refractivity (Wildman–Crippen MR) is 155 cm³/mol. The third kappa shape index (κ3) is 4.79. The van der Waals surface area contributed by atoms with Crippen LogP contribution in [0.15, 0.2) is 88.8 Å². The summed E-state index contributed by atoms with van der Waals surface area (Å²) in [6.45, 7) is 0.527. The summed E-state index contributed by atoms with van der Waals surface area (Å²) in [5.74, 6) is 0.470. The van der Waals surface area contributed by atoms with Gasteiger partial charge in [-0.1, -0.05) is 97.6 Å². The SMILES string of the molecule is O=c1c2c(nc(N/N=C\c3ccc(Cl)cc3)n1CCc1ccccc1)-c1ccccc1CC21CCCCC1. The molecule has 0 atom stereocenters. The first-order valence-electron chi connectivity index (χ1n) is 13.5. The molecule has 1 saturated carbocycles. The van der Waals surface area contributed by atoms with E-state index in [1.165, 1.54) is 17.5 Å². The van der Waals surface area contributed by atoms with Gasteiger partial charge in [-0.15, -0.1) is 0 Å². The van der Waals surface area contributed by atoms with Crippen LogP contribution in [0.5, 0.6) is 0 Å². The highest BCUT2D eigenvalue weighted by molar-refractivity contribution is 6.30. The summed E-state index contributed by atoms with van der Waals surface area (Å²) < 4.78 is 1.80. The van der Waals surface area contributed by atoms with Crippen molar-refractivity contribution < 1.29 is 0 Å². The highest BCUT2D eigenvalue weighted by atomic mass is 35.5. The Morgan fingerprint density at radius 2 is 1.68 bits per heavy atom. The Labute approximate surface area is 228 Å². The number of anilines is 1. The lowest BCUT2D eigenvalue weighted by Crippen LogP contribution is -2.43. The van der Waals surface area contributed by atoms with Gasteiger partial charge in [-0.3, -0.25) is 9.36 Å². The highest BCUT2D eigenvalue weighted by Gasteiger charge is 2.43. The van der Waals surface area contributed by atoms with Crippen LogP contribution >= 0.6 is 11.6 Å². The Bertz CT molecular complexity index is 1520. The molecule has 1 fully saturated rings. The van der Waals surface area contributed by atoms with Crippen molar-refractivity contribution in [3.8, 4) is 11.3 Å². The van der Waals surface area contributed by atoms with Gasteiger partial charge in [0.1, 0.15) is 0 Å². The molecule has 38 heavy (non-hydrogen) atoms. The van der Waals surface area contributed by atoms with Crippen molar-refractivity contribution in [2.45, 2.75) is 56.9 Å². The first kappa shape index (κ1) is 24.6. The van der Waals surface area contributed by atoms with Gasteiger partial charge in [-0.25, -0.2) is 10.4 Å². The number of benzene rings is 3. The van der Waals surface area contributed by atoms with E-state index in [1.807, 2.05) is 48.5 Å². The second kappa shape index (κ2) is 10.6. The number of aromatic nitrogens is 2. The molecule has 0 radical (unpaired) electrons. The van der Waals surface area contributed by atoms with Gasteiger partial charge in [0.15, 0.2) is 0 Å². The molecule has 1 aromatic heterocycles. The second-order valence-corrected chi connectivity index (χ2v) is 10.9. The molecule has 1 spiro atoms. The number of hydrazone groups is 1. The number of nitrogens with zero attached hydrogens (tertiary/aromatic N) is 3. The van der Waals surface area contributed by atoms with E-state index < -0.39 is 0 Å².